The average Bonchev–Trinajstić information content (AvgIpc) is 2.22. The second-order valence-corrected chi connectivity index (χ2v) is 4.56. The minimum atomic E-state index is -0.0937. The number of amides is 1. The van der Waals surface area contributed by atoms with Crippen LogP contribution in [0.15, 0.2) is 30.9 Å². The first-order chi connectivity index (χ1) is 7.15. The largest absolute Gasteiger partial charge is 0.352 e. The number of carbonyl (C=O) groups excluding carboxylic acids is 1. The zero-order valence-electron chi connectivity index (χ0n) is 8.09. The van der Waals surface area contributed by atoms with Gasteiger partial charge in [-0.05, 0) is 47.2 Å². The molecule has 1 rings (SSSR count). The predicted molar refractivity (Wildman–Crippen MR) is 71.3 cm³/mol. The van der Waals surface area contributed by atoms with Gasteiger partial charge < -0.3 is 5.32 Å². The Morgan fingerprint density at radius 3 is 3.00 bits per heavy atom. The molecule has 0 saturated heterocycles. The molecule has 0 aliphatic rings. The number of benzene rings is 1. The molecule has 0 bridgehead atoms. The molecule has 1 aromatic carbocycles. The molecular weight excluding hydrogens is 324 g/mol. The highest BCUT2D eigenvalue weighted by Crippen LogP contribution is 2.17. The monoisotopic (exact) mass is 335 g/mol. The van der Waals surface area contributed by atoms with Crippen LogP contribution in [0.4, 0.5) is 0 Å². The Labute approximate surface area is 108 Å². The van der Waals surface area contributed by atoms with Gasteiger partial charge in [0.05, 0.1) is 5.56 Å². The fourth-order valence-electron chi connectivity index (χ4n) is 1.05. The third kappa shape index (κ3) is 3.83. The summed E-state index contributed by atoms with van der Waals surface area (Å²) in [5.74, 6) is -0.0937. The summed E-state index contributed by atoms with van der Waals surface area (Å²) in [6.07, 6.45) is 2.53. The maximum Gasteiger partial charge on any atom is 0.252 e. The van der Waals surface area contributed by atoms with Crippen molar-refractivity contribution in [1.29, 1.82) is 0 Å². The van der Waals surface area contributed by atoms with Gasteiger partial charge in [-0.1, -0.05) is 17.7 Å². The summed E-state index contributed by atoms with van der Waals surface area (Å²) in [7, 11) is 0. The number of hydrogen-bond donors (Lipinski definition) is 1. The Morgan fingerprint density at radius 2 is 2.33 bits per heavy atom. The van der Waals surface area contributed by atoms with Gasteiger partial charge in [0.2, 0.25) is 0 Å². The van der Waals surface area contributed by atoms with E-state index in [1.165, 1.54) is 0 Å². The summed E-state index contributed by atoms with van der Waals surface area (Å²) in [6, 6.07) is 5.27. The maximum atomic E-state index is 11.7. The van der Waals surface area contributed by atoms with Crippen LogP contribution in [0.2, 0.25) is 5.02 Å². The molecule has 0 aromatic heterocycles. The lowest BCUT2D eigenvalue weighted by Gasteiger charge is -2.05. The molecule has 0 heterocycles. The molecule has 0 spiro atoms. The van der Waals surface area contributed by atoms with Crippen LogP contribution in [-0.2, 0) is 0 Å². The van der Waals surface area contributed by atoms with E-state index >= 15 is 0 Å². The first-order valence-corrected chi connectivity index (χ1v) is 5.95. The quantitative estimate of drug-likeness (QED) is 0.511. The summed E-state index contributed by atoms with van der Waals surface area (Å²) < 4.78 is 0.896. The standard InChI is InChI=1S/C11H11ClINO/c1-2-3-6-14-11(15)9-7-8(12)4-5-10(9)13/h2,4-5,7H,1,3,6H2,(H,14,15). The van der Waals surface area contributed by atoms with Crippen LogP contribution >= 0.6 is 34.2 Å². The minimum Gasteiger partial charge on any atom is -0.352 e. The summed E-state index contributed by atoms with van der Waals surface area (Å²) in [5, 5.41) is 3.37. The van der Waals surface area contributed by atoms with Gasteiger partial charge in [0.15, 0.2) is 0 Å². The summed E-state index contributed by atoms with van der Waals surface area (Å²) in [6.45, 7) is 4.19. The highest BCUT2D eigenvalue weighted by molar-refractivity contribution is 14.1. The zero-order chi connectivity index (χ0) is 11.3. The van der Waals surface area contributed by atoms with E-state index in [2.05, 4.69) is 34.5 Å². The normalized spacial score (nSPS) is 9.73. The molecule has 2 nitrogen and oxygen atoms in total. The number of halogens is 2. The van der Waals surface area contributed by atoms with E-state index < -0.39 is 0 Å². The molecule has 0 aliphatic carbocycles. The van der Waals surface area contributed by atoms with E-state index in [-0.39, 0.29) is 5.91 Å². The van der Waals surface area contributed by atoms with Crippen LogP contribution in [0.1, 0.15) is 16.8 Å². The molecular formula is C11H11ClINO. The lowest BCUT2D eigenvalue weighted by atomic mass is 10.2. The molecule has 0 aliphatic heterocycles. The lowest BCUT2D eigenvalue weighted by molar-refractivity contribution is 0.0953. The molecule has 0 atom stereocenters. The Hall–Kier alpha value is -0.550. The van der Waals surface area contributed by atoms with Crippen LogP contribution in [0.5, 0.6) is 0 Å². The molecule has 0 radical (unpaired) electrons. The fraction of sp³-hybridized carbons (Fsp3) is 0.182. The predicted octanol–water partition coefficient (Wildman–Crippen LogP) is 3.25. The average molecular weight is 336 g/mol. The Kier molecular flexibility index (Phi) is 5.11. The Morgan fingerprint density at radius 1 is 1.60 bits per heavy atom. The molecule has 0 saturated carbocycles. The number of nitrogens with one attached hydrogen (secondary N) is 1. The smallest absolute Gasteiger partial charge is 0.252 e. The third-order valence-corrected chi connectivity index (χ3v) is 2.98. The van der Waals surface area contributed by atoms with E-state index in [9.17, 15) is 4.79 Å². The van der Waals surface area contributed by atoms with Crippen molar-refractivity contribution in [2.45, 2.75) is 6.42 Å². The molecule has 0 unspecified atom stereocenters. The molecule has 1 amide bonds. The number of hydrogen-bond acceptors (Lipinski definition) is 1. The van der Waals surface area contributed by atoms with Gasteiger partial charge >= 0.3 is 0 Å². The highest BCUT2D eigenvalue weighted by atomic mass is 127. The summed E-state index contributed by atoms with van der Waals surface area (Å²) in [4.78, 5) is 11.7. The lowest BCUT2D eigenvalue weighted by Crippen LogP contribution is -2.24. The number of rotatable bonds is 4. The first-order valence-electron chi connectivity index (χ1n) is 4.49. The fourth-order valence-corrected chi connectivity index (χ4v) is 1.81. The second kappa shape index (κ2) is 6.12. The van der Waals surface area contributed by atoms with Gasteiger partial charge in [0.1, 0.15) is 0 Å². The van der Waals surface area contributed by atoms with E-state index in [1.54, 1.807) is 18.2 Å². The van der Waals surface area contributed by atoms with Crippen molar-refractivity contribution < 1.29 is 4.79 Å². The van der Waals surface area contributed by atoms with Crippen LogP contribution in [0, 0.1) is 3.57 Å². The molecule has 0 fully saturated rings. The van der Waals surface area contributed by atoms with E-state index in [4.69, 9.17) is 11.6 Å². The number of carbonyl (C=O) groups is 1. The first kappa shape index (κ1) is 12.5. The van der Waals surface area contributed by atoms with Crippen molar-refractivity contribution >= 4 is 40.1 Å². The van der Waals surface area contributed by atoms with Crippen LogP contribution in [-0.4, -0.2) is 12.5 Å². The van der Waals surface area contributed by atoms with E-state index in [0.29, 0.717) is 17.1 Å². The topological polar surface area (TPSA) is 29.1 Å². The van der Waals surface area contributed by atoms with Gasteiger partial charge in [0.25, 0.3) is 5.91 Å². The molecule has 15 heavy (non-hydrogen) atoms. The van der Waals surface area contributed by atoms with Crippen LogP contribution < -0.4 is 5.32 Å². The van der Waals surface area contributed by atoms with E-state index in [0.717, 1.165) is 9.99 Å². The van der Waals surface area contributed by atoms with Crippen LogP contribution in [0.25, 0.3) is 0 Å². The van der Waals surface area contributed by atoms with Crippen LogP contribution in [0.3, 0.4) is 0 Å². The minimum absolute atomic E-state index is 0.0937. The van der Waals surface area contributed by atoms with Crippen molar-refractivity contribution in [3.05, 3.63) is 45.0 Å². The van der Waals surface area contributed by atoms with Gasteiger partial charge in [0, 0.05) is 15.1 Å². The molecule has 4 heteroatoms. The van der Waals surface area contributed by atoms with Gasteiger partial charge in [-0.25, -0.2) is 0 Å². The Balaban J connectivity index is 2.72. The second-order valence-electron chi connectivity index (χ2n) is 2.96. The van der Waals surface area contributed by atoms with Crippen molar-refractivity contribution in [2.24, 2.45) is 0 Å². The van der Waals surface area contributed by atoms with E-state index in [1.807, 2.05) is 6.07 Å². The maximum absolute atomic E-state index is 11.7. The van der Waals surface area contributed by atoms with Gasteiger partial charge in [-0.15, -0.1) is 6.58 Å². The molecule has 1 N–H and O–H groups in total. The molecule has 1 aromatic rings. The molecule has 80 valence electrons. The summed E-state index contributed by atoms with van der Waals surface area (Å²) >= 11 is 7.94. The van der Waals surface area contributed by atoms with Crippen molar-refractivity contribution in [3.8, 4) is 0 Å². The van der Waals surface area contributed by atoms with Gasteiger partial charge in [-0.2, -0.15) is 0 Å². The summed E-state index contributed by atoms with van der Waals surface area (Å²) in [5.41, 5.74) is 0.618. The zero-order valence-corrected chi connectivity index (χ0v) is 11.0. The van der Waals surface area contributed by atoms with Gasteiger partial charge in [-0.3, -0.25) is 4.79 Å². The third-order valence-electron chi connectivity index (χ3n) is 1.81. The van der Waals surface area contributed by atoms with Crippen molar-refractivity contribution in [2.75, 3.05) is 6.54 Å². The SMILES string of the molecule is C=CCCNC(=O)c1cc(Cl)ccc1I. The van der Waals surface area contributed by atoms with Crippen molar-refractivity contribution in [1.82, 2.24) is 5.32 Å². The Bertz CT molecular complexity index is 379. The van der Waals surface area contributed by atoms with Crippen molar-refractivity contribution in [3.63, 3.8) is 0 Å². The highest BCUT2D eigenvalue weighted by Gasteiger charge is 2.09.